The van der Waals surface area contributed by atoms with Gasteiger partial charge < -0.3 is 19.9 Å². The molecular weight excluding hydrogens is 442 g/mol. The average molecular weight is 470 g/mol. The highest BCUT2D eigenvalue weighted by atomic mass is 16.5. The molecular formula is C27H27N5O3. The van der Waals surface area contributed by atoms with Crippen LogP contribution in [0.2, 0.25) is 0 Å². The van der Waals surface area contributed by atoms with Crippen LogP contribution in [0.3, 0.4) is 0 Å². The number of benzene rings is 2. The van der Waals surface area contributed by atoms with Crippen molar-refractivity contribution in [3.05, 3.63) is 81.3 Å². The molecule has 5 rings (SSSR count). The fourth-order valence-corrected chi connectivity index (χ4v) is 4.63. The van der Waals surface area contributed by atoms with Crippen molar-refractivity contribution in [3.63, 3.8) is 0 Å². The molecule has 0 amide bonds. The number of nitrogen functional groups attached to an aromatic ring is 1. The minimum absolute atomic E-state index is 0.0452. The lowest BCUT2D eigenvalue weighted by Crippen LogP contribution is -2.22. The molecule has 0 radical (unpaired) electrons. The summed E-state index contributed by atoms with van der Waals surface area (Å²) in [6.07, 6.45) is 6.19. The van der Waals surface area contributed by atoms with Gasteiger partial charge in [0.25, 0.3) is 0 Å². The highest BCUT2D eigenvalue weighted by Gasteiger charge is 2.21. The summed E-state index contributed by atoms with van der Waals surface area (Å²) in [5.74, 6) is -0.254. The van der Waals surface area contributed by atoms with E-state index in [9.17, 15) is 9.59 Å². The molecule has 0 saturated carbocycles. The molecule has 178 valence electrons. The van der Waals surface area contributed by atoms with Gasteiger partial charge in [0, 0.05) is 36.5 Å². The molecule has 0 bridgehead atoms. The van der Waals surface area contributed by atoms with Gasteiger partial charge in [-0.2, -0.15) is 4.98 Å². The summed E-state index contributed by atoms with van der Waals surface area (Å²) in [4.78, 5) is 36.9. The van der Waals surface area contributed by atoms with Crippen LogP contribution in [-0.4, -0.2) is 34.2 Å². The molecule has 0 spiro atoms. The van der Waals surface area contributed by atoms with Crippen LogP contribution < -0.4 is 16.1 Å². The molecule has 0 aliphatic heterocycles. The Balaban J connectivity index is 1.73. The minimum Gasteiger partial charge on any atom is -0.462 e. The molecule has 2 heterocycles. The second-order valence-electron chi connectivity index (χ2n) is 8.73. The maximum atomic E-state index is 13.2. The number of fused-ring (bicyclic) bond motifs is 2. The predicted molar refractivity (Wildman–Crippen MR) is 137 cm³/mol. The van der Waals surface area contributed by atoms with Gasteiger partial charge in [0.05, 0.1) is 12.0 Å². The lowest BCUT2D eigenvalue weighted by Gasteiger charge is -2.21. The SMILES string of the molecule is CCOC(=O)c1cn(-c2ccc3c(c2)CCC3)c2nc(N(C)c3cccc(N)c3C)ncc2c1=O. The van der Waals surface area contributed by atoms with Crippen molar-refractivity contribution in [2.75, 3.05) is 24.3 Å². The van der Waals surface area contributed by atoms with E-state index in [0.717, 1.165) is 36.2 Å². The van der Waals surface area contributed by atoms with Gasteiger partial charge >= 0.3 is 5.97 Å². The predicted octanol–water partition coefficient (Wildman–Crippen LogP) is 4.10. The van der Waals surface area contributed by atoms with E-state index >= 15 is 0 Å². The van der Waals surface area contributed by atoms with Crippen molar-refractivity contribution >= 4 is 34.3 Å². The standard InChI is InChI=1S/C27H27N5O3/c1-4-35-26(34)21-15-32(19-12-11-17-7-5-8-18(17)13-19)25-20(24(21)33)14-29-27(30-25)31(3)23-10-6-9-22(28)16(23)2/h6,9-15H,4-5,7-8,28H2,1-3H3. The van der Waals surface area contributed by atoms with Gasteiger partial charge in [-0.05, 0) is 74.1 Å². The maximum Gasteiger partial charge on any atom is 0.343 e. The molecule has 0 saturated heterocycles. The second-order valence-corrected chi connectivity index (χ2v) is 8.73. The number of nitrogens with two attached hydrogens (primary N) is 1. The van der Waals surface area contributed by atoms with Crippen LogP contribution in [0.25, 0.3) is 16.7 Å². The van der Waals surface area contributed by atoms with Crippen molar-refractivity contribution in [3.8, 4) is 5.69 Å². The second kappa shape index (κ2) is 8.87. The summed E-state index contributed by atoms with van der Waals surface area (Å²) >= 11 is 0. The fourth-order valence-electron chi connectivity index (χ4n) is 4.63. The summed E-state index contributed by atoms with van der Waals surface area (Å²) in [5, 5.41) is 0.248. The van der Waals surface area contributed by atoms with Crippen LogP contribution in [0, 0.1) is 6.92 Å². The lowest BCUT2D eigenvalue weighted by molar-refractivity contribution is 0.0524. The van der Waals surface area contributed by atoms with Gasteiger partial charge in [-0.3, -0.25) is 4.79 Å². The van der Waals surface area contributed by atoms with E-state index in [-0.39, 0.29) is 17.6 Å². The number of nitrogens with zero attached hydrogens (tertiary/aromatic N) is 4. The van der Waals surface area contributed by atoms with E-state index in [2.05, 4.69) is 17.1 Å². The van der Waals surface area contributed by atoms with Crippen molar-refractivity contribution in [1.29, 1.82) is 0 Å². The first-order chi connectivity index (χ1) is 16.9. The minimum atomic E-state index is -0.661. The largest absolute Gasteiger partial charge is 0.462 e. The Bertz CT molecular complexity index is 1530. The zero-order valence-corrected chi connectivity index (χ0v) is 20.0. The molecule has 2 N–H and O–H groups in total. The Morgan fingerprint density at radius 2 is 2.00 bits per heavy atom. The Labute approximate surface area is 203 Å². The molecule has 0 fully saturated rings. The number of aryl methyl sites for hydroxylation is 2. The first kappa shape index (κ1) is 22.6. The monoisotopic (exact) mass is 469 g/mol. The van der Waals surface area contributed by atoms with E-state index in [4.69, 9.17) is 15.5 Å². The van der Waals surface area contributed by atoms with Crippen molar-refractivity contribution in [1.82, 2.24) is 14.5 Å². The Morgan fingerprint density at radius 3 is 2.80 bits per heavy atom. The fraction of sp³-hybridized carbons (Fsp3) is 0.259. The smallest absolute Gasteiger partial charge is 0.343 e. The topological polar surface area (TPSA) is 103 Å². The number of ether oxygens (including phenoxy) is 1. The molecule has 2 aromatic carbocycles. The van der Waals surface area contributed by atoms with Crippen molar-refractivity contribution in [2.24, 2.45) is 0 Å². The van der Waals surface area contributed by atoms with Crippen LogP contribution >= 0.6 is 0 Å². The first-order valence-corrected chi connectivity index (χ1v) is 11.7. The third kappa shape index (κ3) is 3.90. The molecule has 0 atom stereocenters. The number of esters is 1. The number of hydrogen-bond donors (Lipinski definition) is 1. The van der Waals surface area contributed by atoms with E-state index in [1.807, 2.05) is 43.1 Å². The zero-order valence-electron chi connectivity index (χ0n) is 20.0. The van der Waals surface area contributed by atoms with Crippen LogP contribution in [0.4, 0.5) is 17.3 Å². The van der Waals surface area contributed by atoms with Gasteiger partial charge in [0.2, 0.25) is 11.4 Å². The highest BCUT2D eigenvalue weighted by Crippen LogP contribution is 2.29. The number of anilines is 3. The van der Waals surface area contributed by atoms with Gasteiger partial charge in [-0.1, -0.05) is 12.1 Å². The van der Waals surface area contributed by atoms with E-state index in [1.165, 1.54) is 23.5 Å². The molecule has 8 heteroatoms. The number of carbonyl (C=O) groups is 1. The zero-order chi connectivity index (χ0) is 24.7. The van der Waals surface area contributed by atoms with Gasteiger partial charge in [-0.15, -0.1) is 0 Å². The Hall–Kier alpha value is -4.20. The Kier molecular flexibility index (Phi) is 5.72. The third-order valence-corrected chi connectivity index (χ3v) is 6.60. The summed E-state index contributed by atoms with van der Waals surface area (Å²) in [5.41, 5.74) is 11.9. The first-order valence-electron chi connectivity index (χ1n) is 11.7. The van der Waals surface area contributed by atoms with Crippen molar-refractivity contribution < 1.29 is 9.53 Å². The number of carbonyl (C=O) groups excluding carboxylic acids is 1. The molecule has 1 aliphatic carbocycles. The summed E-state index contributed by atoms with van der Waals surface area (Å²) < 4.78 is 6.94. The number of hydrogen-bond acceptors (Lipinski definition) is 7. The molecule has 8 nitrogen and oxygen atoms in total. The summed E-state index contributed by atoms with van der Waals surface area (Å²) in [7, 11) is 1.85. The summed E-state index contributed by atoms with van der Waals surface area (Å²) in [6, 6.07) is 11.9. The molecule has 1 aliphatic rings. The molecule has 35 heavy (non-hydrogen) atoms. The highest BCUT2D eigenvalue weighted by molar-refractivity contribution is 5.93. The quantitative estimate of drug-likeness (QED) is 0.347. The maximum absolute atomic E-state index is 13.2. The van der Waals surface area contributed by atoms with Gasteiger partial charge in [0.15, 0.2) is 5.65 Å². The lowest BCUT2D eigenvalue weighted by atomic mass is 10.1. The van der Waals surface area contributed by atoms with Crippen LogP contribution in [-0.2, 0) is 17.6 Å². The van der Waals surface area contributed by atoms with Crippen LogP contribution in [0.5, 0.6) is 0 Å². The van der Waals surface area contributed by atoms with E-state index in [1.54, 1.807) is 11.5 Å². The number of pyridine rings is 1. The van der Waals surface area contributed by atoms with Crippen LogP contribution in [0.15, 0.2) is 53.6 Å². The normalized spacial score (nSPS) is 12.5. The molecule has 4 aromatic rings. The van der Waals surface area contributed by atoms with Crippen LogP contribution in [0.1, 0.15) is 40.4 Å². The van der Waals surface area contributed by atoms with E-state index < -0.39 is 11.4 Å². The average Bonchev–Trinajstić information content (AvgIpc) is 3.33. The number of aromatic nitrogens is 3. The molecule has 2 aromatic heterocycles. The van der Waals surface area contributed by atoms with Crippen molar-refractivity contribution in [2.45, 2.75) is 33.1 Å². The van der Waals surface area contributed by atoms with Gasteiger partial charge in [0.1, 0.15) is 5.56 Å². The Morgan fingerprint density at radius 1 is 1.20 bits per heavy atom. The summed E-state index contributed by atoms with van der Waals surface area (Å²) in [6.45, 7) is 3.82. The number of rotatable bonds is 5. The van der Waals surface area contributed by atoms with E-state index in [0.29, 0.717) is 17.3 Å². The third-order valence-electron chi connectivity index (χ3n) is 6.60. The molecule has 0 unspecified atom stereocenters. The van der Waals surface area contributed by atoms with Gasteiger partial charge in [-0.25, -0.2) is 9.78 Å².